The maximum atomic E-state index is 12.6. The lowest BCUT2D eigenvalue weighted by Gasteiger charge is -2.18. The molecule has 0 radical (unpaired) electrons. The monoisotopic (exact) mass is 385 g/mol. The smallest absolute Gasteiger partial charge is 0.355 e. The summed E-state index contributed by atoms with van der Waals surface area (Å²) in [7, 11) is 1.87. The first-order chi connectivity index (χ1) is 13.3. The number of hydrogen-bond donors (Lipinski definition) is 1. The van der Waals surface area contributed by atoms with E-state index in [2.05, 4.69) is 10.3 Å². The molecule has 0 spiro atoms. The molecule has 1 N–H and O–H groups in total. The van der Waals surface area contributed by atoms with Crippen LogP contribution >= 0.6 is 0 Å². The molecule has 1 amide bonds. The van der Waals surface area contributed by atoms with Crippen LogP contribution in [0.25, 0.3) is 0 Å². The van der Waals surface area contributed by atoms with Crippen molar-refractivity contribution in [3.8, 4) is 0 Å². The van der Waals surface area contributed by atoms with Gasteiger partial charge in [0.25, 0.3) is 5.91 Å². The minimum atomic E-state index is -4.41. The molecule has 0 bridgehead atoms. The van der Waals surface area contributed by atoms with E-state index < -0.39 is 17.6 Å². The number of aromatic nitrogens is 1. The maximum absolute atomic E-state index is 12.6. The van der Waals surface area contributed by atoms with Gasteiger partial charge in [0.05, 0.1) is 5.56 Å². The largest absolute Gasteiger partial charge is 0.416 e. The van der Waals surface area contributed by atoms with Crippen LogP contribution < -0.4 is 10.2 Å². The van der Waals surface area contributed by atoms with Gasteiger partial charge in [0.2, 0.25) is 0 Å². The first kappa shape index (κ1) is 19.4. The summed E-state index contributed by atoms with van der Waals surface area (Å²) in [6.45, 7) is 0.623. The molecule has 0 aliphatic heterocycles. The molecule has 1 heterocycles. The van der Waals surface area contributed by atoms with Crippen LogP contribution in [0.5, 0.6) is 0 Å². The van der Waals surface area contributed by atoms with Crippen molar-refractivity contribution in [2.45, 2.75) is 12.7 Å². The Bertz CT molecular complexity index is 941. The zero-order valence-electron chi connectivity index (χ0n) is 15.1. The number of pyridine rings is 1. The first-order valence-corrected chi connectivity index (χ1v) is 8.52. The van der Waals surface area contributed by atoms with Crippen molar-refractivity contribution in [3.63, 3.8) is 0 Å². The van der Waals surface area contributed by atoms with Crippen LogP contribution in [-0.2, 0) is 12.7 Å². The van der Waals surface area contributed by atoms with Gasteiger partial charge in [-0.05, 0) is 42.0 Å². The van der Waals surface area contributed by atoms with Gasteiger partial charge in [-0.2, -0.15) is 13.2 Å². The van der Waals surface area contributed by atoms with Crippen molar-refractivity contribution in [3.05, 3.63) is 89.6 Å². The number of alkyl halides is 3. The highest BCUT2D eigenvalue weighted by Gasteiger charge is 2.30. The predicted molar refractivity (Wildman–Crippen MR) is 102 cm³/mol. The first-order valence-electron chi connectivity index (χ1n) is 8.52. The zero-order valence-corrected chi connectivity index (χ0v) is 15.1. The molecule has 144 valence electrons. The predicted octanol–water partition coefficient (Wildman–Crippen LogP) is 4.99. The van der Waals surface area contributed by atoms with Gasteiger partial charge in [-0.3, -0.25) is 4.79 Å². The molecule has 0 saturated carbocycles. The summed E-state index contributed by atoms with van der Waals surface area (Å²) < 4.78 is 37.9. The fraction of sp³-hybridized carbons (Fsp3) is 0.143. The van der Waals surface area contributed by atoms with E-state index in [-0.39, 0.29) is 5.69 Å². The molecule has 0 unspecified atom stereocenters. The molecule has 0 aliphatic carbocycles. The van der Waals surface area contributed by atoms with Crippen LogP contribution in [0.15, 0.2) is 72.9 Å². The van der Waals surface area contributed by atoms with Crippen molar-refractivity contribution in [1.82, 2.24) is 4.98 Å². The van der Waals surface area contributed by atoms with Gasteiger partial charge in [0.15, 0.2) is 0 Å². The molecule has 0 atom stereocenters. The van der Waals surface area contributed by atoms with Crippen molar-refractivity contribution < 1.29 is 18.0 Å². The lowest BCUT2D eigenvalue weighted by Crippen LogP contribution is -2.19. The van der Waals surface area contributed by atoms with E-state index in [1.54, 1.807) is 12.1 Å². The van der Waals surface area contributed by atoms with Crippen molar-refractivity contribution in [2.24, 2.45) is 0 Å². The van der Waals surface area contributed by atoms with Crippen LogP contribution in [0.4, 0.5) is 24.7 Å². The highest BCUT2D eigenvalue weighted by Crippen LogP contribution is 2.29. The number of hydrogen-bond acceptors (Lipinski definition) is 3. The van der Waals surface area contributed by atoms with Gasteiger partial charge < -0.3 is 10.2 Å². The minimum absolute atomic E-state index is 0.286. The Kier molecular flexibility index (Phi) is 5.63. The van der Waals surface area contributed by atoms with Gasteiger partial charge >= 0.3 is 6.18 Å². The number of amides is 1. The minimum Gasteiger partial charge on any atom is -0.355 e. The Morgan fingerprint density at radius 3 is 2.36 bits per heavy atom. The average Bonchev–Trinajstić information content (AvgIpc) is 2.68. The Balaban J connectivity index is 1.70. The molecular weight excluding hydrogens is 367 g/mol. The summed E-state index contributed by atoms with van der Waals surface area (Å²) in [5.41, 5.74) is 0.990. The summed E-state index contributed by atoms with van der Waals surface area (Å²) in [5.74, 6) is 0.195. The number of carbonyl (C=O) groups is 1. The molecule has 3 rings (SSSR count). The van der Waals surface area contributed by atoms with E-state index in [9.17, 15) is 18.0 Å². The highest BCUT2D eigenvalue weighted by atomic mass is 19.4. The zero-order chi connectivity index (χ0) is 20.1. The molecule has 4 nitrogen and oxygen atoms in total. The molecule has 7 heteroatoms. The quantitative estimate of drug-likeness (QED) is 0.673. The summed E-state index contributed by atoms with van der Waals surface area (Å²) >= 11 is 0. The van der Waals surface area contributed by atoms with Crippen molar-refractivity contribution in [2.75, 3.05) is 17.3 Å². The third-order valence-electron chi connectivity index (χ3n) is 4.13. The van der Waals surface area contributed by atoms with E-state index >= 15 is 0 Å². The van der Waals surface area contributed by atoms with Crippen LogP contribution in [0.2, 0.25) is 0 Å². The SMILES string of the molecule is CN(Cc1ccccc1)c1cc(C(=O)Nc2ccc(C(F)(F)F)cc2)ccn1. The fourth-order valence-electron chi connectivity index (χ4n) is 2.65. The second kappa shape index (κ2) is 8.12. The van der Waals surface area contributed by atoms with Gasteiger partial charge in [0.1, 0.15) is 5.82 Å². The van der Waals surface area contributed by atoms with E-state index in [0.29, 0.717) is 17.9 Å². The Morgan fingerprint density at radius 2 is 1.71 bits per heavy atom. The number of nitrogens with one attached hydrogen (secondary N) is 1. The lowest BCUT2D eigenvalue weighted by atomic mass is 10.2. The summed E-state index contributed by atoms with van der Waals surface area (Å²) in [6.07, 6.45) is -2.88. The standard InChI is InChI=1S/C21H18F3N3O/c1-27(14-15-5-3-2-4-6-15)19-13-16(11-12-25-19)20(28)26-18-9-7-17(8-10-18)21(22,23)24/h2-13H,14H2,1H3,(H,26,28). The lowest BCUT2D eigenvalue weighted by molar-refractivity contribution is -0.137. The molecule has 0 fully saturated rings. The van der Waals surface area contributed by atoms with Crippen LogP contribution in [0.1, 0.15) is 21.5 Å². The third-order valence-corrected chi connectivity index (χ3v) is 4.13. The maximum Gasteiger partial charge on any atom is 0.416 e. The normalized spacial score (nSPS) is 11.1. The molecule has 28 heavy (non-hydrogen) atoms. The van der Waals surface area contributed by atoms with Crippen molar-refractivity contribution >= 4 is 17.4 Å². The van der Waals surface area contributed by atoms with Crippen LogP contribution in [0.3, 0.4) is 0 Å². The van der Waals surface area contributed by atoms with Crippen LogP contribution in [-0.4, -0.2) is 17.9 Å². The van der Waals surface area contributed by atoms with Crippen molar-refractivity contribution in [1.29, 1.82) is 0 Å². The average molecular weight is 385 g/mol. The Morgan fingerprint density at radius 1 is 1.04 bits per heavy atom. The van der Waals surface area contributed by atoms with E-state index in [1.807, 2.05) is 42.3 Å². The molecule has 0 aliphatic rings. The highest BCUT2D eigenvalue weighted by molar-refractivity contribution is 6.04. The molecule has 1 aromatic heterocycles. The summed E-state index contributed by atoms with van der Waals surface area (Å²) in [4.78, 5) is 18.6. The van der Waals surface area contributed by atoms with Crippen LogP contribution in [0, 0.1) is 0 Å². The number of halogens is 3. The fourth-order valence-corrected chi connectivity index (χ4v) is 2.65. The number of anilines is 2. The number of benzene rings is 2. The number of rotatable bonds is 5. The topological polar surface area (TPSA) is 45.2 Å². The number of carbonyl (C=O) groups excluding carboxylic acids is 1. The second-order valence-electron chi connectivity index (χ2n) is 6.27. The molecule has 2 aromatic carbocycles. The molecule has 3 aromatic rings. The third kappa shape index (κ3) is 4.88. The Hall–Kier alpha value is -3.35. The summed E-state index contributed by atoms with van der Waals surface area (Å²) in [5, 5.41) is 2.60. The van der Waals surface area contributed by atoms with Gasteiger partial charge in [0, 0.05) is 31.0 Å². The van der Waals surface area contributed by atoms with Gasteiger partial charge in [-0.25, -0.2) is 4.98 Å². The van der Waals surface area contributed by atoms with Gasteiger partial charge in [-0.1, -0.05) is 30.3 Å². The van der Waals surface area contributed by atoms with E-state index in [4.69, 9.17) is 0 Å². The molecule has 0 saturated heterocycles. The second-order valence-corrected chi connectivity index (χ2v) is 6.27. The Labute approximate surface area is 160 Å². The van der Waals surface area contributed by atoms with E-state index in [0.717, 1.165) is 17.7 Å². The molecular formula is C21H18F3N3O. The van der Waals surface area contributed by atoms with E-state index in [1.165, 1.54) is 18.3 Å². The summed E-state index contributed by atoms with van der Waals surface area (Å²) in [6, 6.07) is 17.3. The van der Waals surface area contributed by atoms with Gasteiger partial charge in [-0.15, -0.1) is 0 Å². The number of nitrogens with zero attached hydrogens (tertiary/aromatic N) is 2.